The lowest BCUT2D eigenvalue weighted by Crippen LogP contribution is -2.31. The quantitative estimate of drug-likeness (QED) is 0.537. The maximum absolute atomic E-state index is 13.0. The van der Waals surface area contributed by atoms with Crippen LogP contribution in [0.5, 0.6) is 5.75 Å². The Morgan fingerprint density at radius 1 is 0.909 bits per heavy atom. The molecule has 1 fully saturated rings. The molecular weight excluding hydrogens is 418 g/mol. The number of benzene rings is 2. The highest BCUT2D eigenvalue weighted by Crippen LogP contribution is 2.34. The molecular formula is C25H33N5O3. The predicted octanol–water partition coefficient (Wildman–Crippen LogP) is 4.88. The monoisotopic (exact) mass is 451 g/mol. The fourth-order valence-corrected chi connectivity index (χ4v) is 4.58. The molecule has 0 bridgehead atoms. The van der Waals surface area contributed by atoms with Crippen molar-refractivity contribution in [3.8, 4) is 5.75 Å². The zero-order valence-electron chi connectivity index (χ0n) is 19.7. The number of urea groups is 1. The van der Waals surface area contributed by atoms with Gasteiger partial charge in [-0.2, -0.15) is 0 Å². The summed E-state index contributed by atoms with van der Waals surface area (Å²) in [6.07, 6.45) is 3.44. The third-order valence-corrected chi connectivity index (χ3v) is 6.15. The van der Waals surface area contributed by atoms with Gasteiger partial charge in [-0.25, -0.2) is 9.59 Å². The van der Waals surface area contributed by atoms with E-state index in [0.717, 1.165) is 42.7 Å². The summed E-state index contributed by atoms with van der Waals surface area (Å²) >= 11 is 0. The van der Waals surface area contributed by atoms with Crippen molar-refractivity contribution >= 4 is 34.1 Å². The minimum absolute atomic E-state index is 0.0214. The van der Waals surface area contributed by atoms with Gasteiger partial charge in [-0.15, -0.1) is 0 Å². The molecule has 2 heterocycles. The third kappa shape index (κ3) is 4.55. The molecule has 2 aromatic carbocycles. The molecule has 176 valence electrons. The van der Waals surface area contributed by atoms with E-state index in [0.29, 0.717) is 36.8 Å². The van der Waals surface area contributed by atoms with Gasteiger partial charge in [-0.3, -0.25) is 9.13 Å². The Bertz CT molecular complexity index is 1190. The number of ether oxygens (including phenoxy) is 1. The van der Waals surface area contributed by atoms with E-state index in [2.05, 4.69) is 21.6 Å². The molecule has 1 aliphatic heterocycles. The Hall–Kier alpha value is -3.42. The van der Waals surface area contributed by atoms with Crippen LogP contribution in [0.4, 0.5) is 21.9 Å². The van der Waals surface area contributed by atoms with E-state index in [4.69, 9.17) is 4.74 Å². The van der Waals surface area contributed by atoms with Crippen LogP contribution in [0, 0.1) is 0 Å². The van der Waals surface area contributed by atoms with Crippen LogP contribution in [-0.2, 0) is 13.1 Å². The number of piperidine rings is 1. The summed E-state index contributed by atoms with van der Waals surface area (Å²) in [7, 11) is 0. The van der Waals surface area contributed by atoms with Crippen molar-refractivity contribution in [3.63, 3.8) is 0 Å². The number of anilines is 3. The van der Waals surface area contributed by atoms with Gasteiger partial charge in [0, 0.05) is 26.2 Å². The summed E-state index contributed by atoms with van der Waals surface area (Å²) in [5.41, 5.74) is 3.97. The first-order chi connectivity index (χ1) is 16.1. The number of nitrogens with zero attached hydrogens (tertiary/aromatic N) is 3. The van der Waals surface area contributed by atoms with Crippen LogP contribution < -0.4 is 26.0 Å². The fraction of sp³-hybridized carbons (Fsp3) is 0.440. The number of rotatable bonds is 7. The smallest absolute Gasteiger partial charge is 0.329 e. The first-order valence-electron chi connectivity index (χ1n) is 11.9. The van der Waals surface area contributed by atoms with E-state index in [1.54, 1.807) is 9.13 Å². The molecule has 1 saturated heterocycles. The number of nitrogens with one attached hydrogen (secondary N) is 2. The zero-order valence-corrected chi connectivity index (χ0v) is 19.7. The summed E-state index contributed by atoms with van der Waals surface area (Å²) in [5, 5.41) is 5.96. The predicted molar refractivity (Wildman–Crippen MR) is 134 cm³/mol. The van der Waals surface area contributed by atoms with E-state index in [-0.39, 0.29) is 11.7 Å². The summed E-state index contributed by atoms with van der Waals surface area (Å²) in [6, 6.07) is 11.0. The molecule has 1 aliphatic rings. The lowest BCUT2D eigenvalue weighted by atomic mass is 10.1. The Labute approximate surface area is 194 Å². The highest BCUT2D eigenvalue weighted by atomic mass is 16.5. The van der Waals surface area contributed by atoms with Gasteiger partial charge < -0.3 is 20.3 Å². The molecule has 8 heteroatoms. The number of amides is 2. The third-order valence-electron chi connectivity index (χ3n) is 6.15. The molecule has 4 rings (SSSR count). The molecule has 33 heavy (non-hydrogen) atoms. The van der Waals surface area contributed by atoms with Crippen LogP contribution in [0.15, 0.2) is 41.2 Å². The minimum atomic E-state index is -0.347. The second kappa shape index (κ2) is 10.0. The molecule has 0 aliphatic carbocycles. The molecule has 0 spiro atoms. The molecule has 1 aromatic heterocycles. The number of para-hydroxylation sites is 2. The van der Waals surface area contributed by atoms with E-state index >= 15 is 0 Å². The standard InChI is InChI=1S/C25H33N5O3/c1-4-29-21-16-19(27-24(31)26-18-12-8-9-13-23(18)33-6-3)20(28-14-10-7-11-15-28)17-22(21)30(5-2)25(29)32/h8-9,12-13,16-17H,4-7,10-11,14-15H2,1-3H3,(H2,26,27,31). The van der Waals surface area contributed by atoms with Gasteiger partial charge >= 0.3 is 11.7 Å². The number of hydrogen-bond acceptors (Lipinski definition) is 4. The molecule has 3 aromatic rings. The van der Waals surface area contributed by atoms with Crippen LogP contribution in [-0.4, -0.2) is 34.9 Å². The molecule has 8 nitrogen and oxygen atoms in total. The van der Waals surface area contributed by atoms with Gasteiger partial charge in [0.05, 0.1) is 34.7 Å². The number of fused-ring (bicyclic) bond motifs is 1. The highest BCUT2D eigenvalue weighted by molar-refractivity contribution is 6.04. The maximum Gasteiger partial charge on any atom is 0.329 e. The number of aryl methyl sites for hydroxylation is 2. The van der Waals surface area contributed by atoms with E-state index in [9.17, 15) is 9.59 Å². The van der Waals surface area contributed by atoms with E-state index < -0.39 is 0 Å². The summed E-state index contributed by atoms with van der Waals surface area (Å²) < 4.78 is 9.19. The topological polar surface area (TPSA) is 80.5 Å². The number of carbonyl (C=O) groups is 1. The van der Waals surface area contributed by atoms with Gasteiger partial charge in [0.15, 0.2) is 0 Å². The van der Waals surface area contributed by atoms with E-state index in [1.165, 1.54) is 6.42 Å². The highest BCUT2D eigenvalue weighted by Gasteiger charge is 2.21. The lowest BCUT2D eigenvalue weighted by Gasteiger charge is -2.31. The lowest BCUT2D eigenvalue weighted by molar-refractivity contribution is 0.262. The Morgan fingerprint density at radius 3 is 2.21 bits per heavy atom. The van der Waals surface area contributed by atoms with Gasteiger partial charge in [-0.1, -0.05) is 12.1 Å². The SMILES string of the molecule is CCOc1ccccc1NC(=O)Nc1cc2c(cc1N1CCCCC1)n(CC)c(=O)n2CC. The van der Waals surface area contributed by atoms with Crippen LogP contribution in [0.1, 0.15) is 40.0 Å². The molecule has 0 atom stereocenters. The fourth-order valence-electron chi connectivity index (χ4n) is 4.58. The Morgan fingerprint density at radius 2 is 1.55 bits per heavy atom. The summed E-state index contributed by atoms with van der Waals surface area (Å²) in [6.45, 7) is 9.40. The van der Waals surface area contributed by atoms with Gasteiger partial charge in [-0.05, 0) is 64.3 Å². The zero-order chi connectivity index (χ0) is 23.4. The largest absolute Gasteiger partial charge is 0.492 e. The van der Waals surface area contributed by atoms with Crippen molar-refractivity contribution in [1.29, 1.82) is 0 Å². The number of imidazole rings is 1. The van der Waals surface area contributed by atoms with Crippen molar-refractivity contribution in [1.82, 2.24) is 9.13 Å². The average Bonchev–Trinajstić information content (AvgIpc) is 3.09. The van der Waals surface area contributed by atoms with Crippen molar-refractivity contribution in [2.45, 2.75) is 53.1 Å². The first kappa shape index (κ1) is 22.8. The second-order valence-electron chi connectivity index (χ2n) is 8.19. The van der Waals surface area contributed by atoms with Crippen molar-refractivity contribution in [3.05, 3.63) is 46.9 Å². The van der Waals surface area contributed by atoms with Crippen LogP contribution in [0.2, 0.25) is 0 Å². The molecule has 2 amide bonds. The van der Waals surface area contributed by atoms with Gasteiger partial charge in [0.2, 0.25) is 0 Å². The number of carbonyl (C=O) groups excluding carboxylic acids is 1. The van der Waals surface area contributed by atoms with Crippen molar-refractivity contribution in [2.75, 3.05) is 35.2 Å². The summed E-state index contributed by atoms with van der Waals surface area (Å²) in [5.74, 6) is 0.627. The van der Waals surface area contributed by atoms with Crippen LogP contribution in [0.3, 0.4) is 0 Å². The van der Waals surface area contributed by atoms with Crippen molar-refractivity contribution < 1.29 is 9.53 Å². The molecule has 2 N–H and O–H groups in total. The van der Waals surface area contributed by atoms with Crippen LogP contribution in [0.25, 0.3) is 11.0 Å². The van der Waals surface area contributed by atoms with Gasteiger partial charge in [0.1, 0.15) is 5.75 Å². The minimum Gasteiger partial charge on any atom is -0.492 e. The number of aromatic nitrogens is 2. The molecule has 0 unspecified atom stereocenters. The van der Waals surface area contributed by atoms with Crippen molar-refractivity contribution in [2.24, 2.45) is 0 Å². The van der Waals surface area contributed by atoms with Gasteiger partial charge in [0.25, 0.3) is 0 Å². The average molecular weight is 452 g/mol. The summed E-state index contributed by atoms with van der Waals surface area (Å²) in [4.78, 5) is 28.2. The molecule has 0 saturated carbocycles. The van der Waals surface area contributed by atoms with E-state index in [1.807, 2.05) is 51.1 Å². The first-order valence-corrected chi connectivity index (χ1v) is 11.9. The Balaban J connectivity index is 1.73. The normalized spacial score (nSPS) is 13.8. The maximum atomic E-state index is 13.0. The Kier molecular flexibility index (Phi) is 6.91. The second-order valence-corrected chi connectivity index (χ2v) is 8.19. The van der Waals surface area contributed by atoms with Crippen LogP contribution >= 0.6 is 0 Å². The molecule has 0 radical (unpaired) electrons. The number of hydrogen-bond donors (Lipinski definition) is 2.